The van der Waals surface area contributed by atoms with Gasteiger partial charge in [-0.3, -0.25) is 0 Å². The van der Waals surface area contributed by atoms with Crippen LogP contribution in [0.4, 0.5) is 0 Å². The zero-order valence-corrected chi connectivity index (χ0v) is 16.0. The first-order valence-corrected chi connectivity index (χ1v) is 9.68. The van der Waals surface area contributed by atoms with Crippen molar-refractivity contribution in [3.8, 4) is 18.2 Å². The predicted octanol–water partition coefficient (Wildman–Crippen LogP) is 2.20. The minimum Gasteiger partial charge on any atom is -0.329 e. The van der Waals surface area contributed by atoms with Crippen LogP contribution in [0.25, 0.3) is 0 Å². The molecule has 4 atom stereocenters. The van der Waals surface area contributed by atoms with Crippen molar-refractivity contribution in [1.82, 2.24) is 0 Å². The number of hydrogen-bond acceptors (Lipinski definition) is 5. The average Bonchev–Trinajstić information content (AvgIpc) is 3.05. The van der Waals surface area contributed by atoms with E-state index in [-0.39, 0.29) is 11.6 Å². The van der Waals surface area contributed by atoms with Crippen molar-refractivity contribution in [2.24, 2.45) is 17.3 Å². The lowest BCUT2D eigenvalue weighted by molar-refractivity contribution is -0.920. The second kappa shape index (κ2) is 6.69. The number of hydrogen-bond donors (Lipinski definition) is 2. The molecule has 3 rings (SSSR count). The van der Waals surface area contributed by atoms with E-state index in [1.165, 1.54) is 4.90 Å². The molecule has 26 heavy (non-hydrogen) atoms. The number of quaternary nitrogens is 1. The lowest BCUT2D eigenvalue weighted by Gasteiger charge is -2.46. The van der Waals surface area contributed by atoms with Gasteiger partial charge in [-0.2, -0.15) is 15.8 Å². The molecule has 1 unspecified atom stereocenters. The molecule has 0 bridgehead atoms. The molecule has 0 amide bonds. The van der Waals surface area contributed by atoms with E-state index in [1.54, 1.807) is 11.3 Å². The van der Waals surface area contributed by atoms with Crippen LogP contribution >= 0.6 is 11.3 Å². The smallest absolute Gasteiger partial charge is 0.190 e. The third kappa shape index (κ3) is 2.48. The topological polar surface area (TPSA) is 99.7 Å². The summed E-state index contributed by atoms with van der Waals surface area (Å²) in [6.07, 6.45) is 2.08. The fourth-order valence-corrected chi connectivity index (χ4v) is 5.53. The second-order valence-electron chi connectivity index (χ2n) is 7.48. The van der Waals surface area contributed by atoms with Gasteiger partial charge in [-0.15, -0.1) is 11.3 Å². The summed E-state index contributed by atoms with van der Waals surface area (Å²) in [6, 6.07) is 8.93. The average molecular weight is 364 g/mol. The van der Waals surface area contributed by atoms with Crippen LogP contribution in [0.15, 0.2) is 23.1 Å². The normalized spacial score (nSPS) is 29.9. The second-order valence-corrected chi connectivity index (χ2v) is 8.43. The number of nitrogens with zero attached hydrogens (tertiary/aromatic N) is 3. The molecule has 1 aliphatic carbocycles. The van der Waals surface area contributed by atoms with Crippen LogP contribution in [-0.4, -0.2) is 24.8 Å². The fraction of sp³-hybridized carbons (Fsp3) is 0.500. The van der Waals surface area contributed by atoms with Gasteiger partial charge in [0, 0.05) is 16.7 Å². The Morgan fingerprint density at radius 1 is 1.31 bits per heavy atom. The molecule has 0 radical (unpaired) electrons. The van der Waals surface area contributed by atoms with Gasteiger partial charge in [-0.25, -0.2) is 0 Å². The zero-order chi connectivity index (χ0) is 19.1. The molecular weight excluding hydrogens is 342 g/mol. The highest BCUT2D eigenvalue weighted by Crippen LogP contribution is 2.54. The van der Waals surface area contributed by atoms with Gasteiger partial charge in [0.15, 0.2) is 5.41 Å². The summed E-state index contributed by atoms with van der Waals surface area (Å²) in [5.74, 6) is -1.24. The molecule has 0 aromatic carbocycles. The van der Waals surface area contributed by atoms with Crippen LogP contribution in [0.5, 0.6) is 0 Å². The van der Waals surface area contributed by atoms with Crippen molar-refractivity contribution in [3.63, 3.8) is 0 Å². The lowest BCUT2D eigenvalue weighted by atomic mass is 9.55. The molecule has 0 saturated heterocycles. The molecule has 5 nitrogen and oxygen atoms in total. The van der Waals surface area contributed by atoms with E-state index in [1.807, 2.05) is 18.4 Å². The molecule has 1 saturated carbocycles. The van der Waals surface area contributed by atoms with Crippen molar-refractivity contribution in [1.29, 1.82) is 21.2 Å². The van der Waals surface area contributed by atoms with Gasteiger partial charge in [0.1, 0.15) is 5.92 Å². The van der Waals surface area contributed by atoms with Crippen LogP contribution < -0.4 is 4.90 Å². The molecule has 2 N–H and O–H groups in total. The van der Waals surface area contributed by atoms with Crippen molar-refractivity contribution in [2.75, 3.05) is 13.1 Å². The van der Waals surface area contributed by atoms with E-state index in [0.29, 0.717) is 6.04 Å². The first kappa shape index (κ1) is 18.3. The van der Waals surface area contributed by atoms with Crippen molar-refractivity contribution in [3.05, 3.63) is 33.5 Å². The lowest BCUT2D eigenvalue weighted by Crippen LogP contribution is -3.16. The Hall–Kier alpha value is -2.46. The predicted molar refractivity (Wildman–Crippen MR) is 99.7 cm³/mol. The highest BCUT2D eigenvalue weighted by atomic mass is 32.1. The van der Waals surface area contributed by atoms with Gasteiger partial charge in [-0.1, -0.05) is 0 Å². The molecule has 1 aromatic heterocycles. The standard InChI is InChI=1S/C20H21N5S/c1-12(2)25-6-4-14-15(8-21)19(24)20(10-22,11-23)17(16(14)9-25)18-13(3)5-7-26-18/h4-5,7,12,15-17,24H,6,9H2,1-3H3/p+1/t15-,16-,17-/m1/s1. The minimum atomic E-state index is -1.59. The maximum atomic E-state index is 10.0. The highest BCUT2D eigenvalue weighted by molar-refractivity contribution is 7.10. The quantitative estimate of drug-likeness (QED) is 0.787. The third-order valence-corrected chi connectivity index (χ3v) is 7.01. The maximum absolute atomic E-state index is 10.0. The molecule has 2 aliphatic rings. The van der Waals surface area contributed by atoms with E-state index < -0.39 is 17.3 Å². The highest BCUT2D eigenvalue weighted by Gasteiger charge is 2.59. The number of aryl methyl sites for hydroxylation is 1. The first-order chi connectivity index (χ1) is 12.4. The summed E-state index contributed by atoms with van der Waals surface area (Å²) in [7, 11) is 0. The molecule has 1 aliphatic heterocycles. The minimum absolute atomic E-state index is 0.0571. The number of fused-ring (bicyclic) bond motifs is 1. The van der Waals surface area contributed by atoms with E-state index in [4.69, 9.17) is 5.41 Å². The number of nitrogens with one attached hydrogen (secondary N) is 2. The molecule has 0 spiro atoms. The molecule has 1 aromatic rings. The summed E-state index contributed by atoms with van der Waals surface area (Å²) >= 11 is 1.55. The molecule has 6 heteroatoms. The molecule has 2 heterocycles. The van der Waals surface area contributed by atoms with Gasteiger partial charge >= 0.3 is 0 Å². The van der Waals surface area contributed by atoms with Gasteiger partial charge in [0.2, 0.25) is 0 Å². The van der Waals surface area contributed by atoms with Gasteiger partial charge in [-0.05, 0) is 49.4 Å². The van der Waals surface area contributed by atoms with Crippen LogP contribution in [0.1, 0.15) is 30.2 Å². The van der Waals surface area contributed by atoms with Crippen LogP contribution in [0.3, 0.4) is 0 Å². The zero-order valence-electron chi connectivity index (χ0n) is 15.2. The number of nitriles is 3. The fourth-order valence-electron chi connectivity index (χ4n) is 4.37. The van der Waals surface area contributed by atoms with Gasteiger partial charge in [0.05, 0.1) is 43.1 Å². The van der Waals surface area contributed by atoms with Crippen LogP contribution in [0, 0.1) is 63.6 Å². The largest absolute Gasteiger partial charge is 0.329 e. The summed E-state index contributed by atoms with van der Waals surface area (Å²) in [5, 5.41) is 40.3. The number of thiophene rings is 1. The van der Waals surface area contributed by atoms with E-state index in [2.05, 4.69) is 38.1 Å². The summed E-state index contributed by atoms with van der Waals surface area (Å²) in [6.45, 7) is 7.91. The Bertz CT molecular complexity index is 875. The van der Waals surface area contributed by atoms with Crippen molar-refractivity contribution >= 4 is 17.0 Å². The van der Waals surface area contributed by atoms with Crippen molar-refractivity contribution < 1.29 is 4.90 Å². The Labute approximate surface area is 158 Å². The monoisotopic (exact) mass is 364 g/mol. The Kier molecular flexibility index (Phi) is 4.72. The summed E-state index contributed by atoms with van der Waals surface area (Å²) < 4.78 is 0. The van der Waals surface area contributed by atoms with E-state index >= 15 is 0 Å². The molecule has 132 valence electrons. The van der Waals surface area contributed by atoms with E-state index in [9.17, 15) is 15.8 Å². The van der Waals surface area contributed by atoms with Crippen molar-refractivity contribution in [2.45, 2.75) is 32.7 Å². The van der Waals surface area contributed by atoms with E-state index in [0.717, 1.165) is 29.1 Å². The first-order valence-electron chi connectivity index (χ1n) is 8.80. The maximum Gasteiger partial charge on any atom is 0.190 e. The van der Waals surface area contributed by atoms with Crippen LogP contribution in [-0.2, 0) is 0 Å². The summed E-state index contributed by atoms with van der Waals surface area (Å²) in [4.78, 5) is 2.38. The SMILES string of the molecule is Cc1ccsc1[C@H]1[C@@H]2C[NH+](C(C)C)CC=C2[C@@H](C#N)C(=N)C1(C#N)C#N. The van der Waals surface area contributed by atoms with Gasteiger partial charge in [0.25, 0.3) is 0 Å². The summed E-state index contributed by atoms with van der Waals surface area (Å²) in [5.41, 5.74) is 0.338. The molecule has 1 fully saturated rings. The Balaban J connectivity index is 2.25. The number of rotatable bonds is 2. The van der Waals surface area contributed by atoms with Crippen LogP contribution in [0.2, 0.25) is 0 Å². The molecular formula is C20H22N5S+. The third-order valence-electron chi connectivity index (χ3n) is 5.91. The van der Waals surface area contributed by atoms with Gasteiger partial charge < -0.3 is 10.3 Å². The Morgan fingerprint density at radius 3 is 2.50 bits per heavy atom. The Morgan fingerprint density at radius 2 is 2.00 bits per heavy atom.